The van der Waals surface area contributed by atoms with E-state index in [1.165, 1.54) is 6.26 Å². The van der Waals surface area contributed by atoms with Crippen LogP contribution >= 0.6 is 0 Å². The normalized spacial score (nSPS) is 21.1. The van der Waals surface area contributed by atoms with Gasteiger partial charge in [-0.2, -0.15) is 0 Å². The van der Waals surface area contributed by atoms with Gasteiger partial charge in [-0.05, 0) is 33.1 Å². The van der Waals surface area contributed by atoms with E-state index in [0.717, 1.165) is 19.3 Å². The van der Waals surface area contributed by atoms with E-state index in [1.807, 2.05) is 0 Å². The van der Waals surface area contributed by atoms with Gasteiger partial charge in [0, 0.05) is 19.3 Å². The Bertz CT molecular complexity index is 318. The summed E-state index contributed by atoms with van der Waals surface area (Å²) in [5.41, 5.74) is -0.590. The average molecular weight is 235 g/mol. The Balaban J connectivity index is 2.37. The van der Waals surface area contributed by atoms with Crippen molar-refractivity contribution >= 4 is 9.84 Å². The summed E-state index contributed by atoms with van der Waals surface area (Å²) in [6.45, 7) is 4.26. The molecule has 0 heterocycles. The Hall–Kier alpha value is -0.130. The van der Waals surface area contributed by atoms with Crippen LogP contribution < -0.4 is 5.32 Å². The maximum Gasteiger partial charge on any atom is 0.153 e. The fourth-order valence-corrected chi connectivity index (χ4v) is 1.85. The summed E-state index contributed by atoms with van der Waals surface area (Å²) in [7, 11) is -3.05. The summed E-state index contributed by atoms with van der Waals surface area (Å²) >= 11 is 0. The third-order valence-electron chi connectivity index (χ3n) is 3.29. The molecule has 0 aromatic rings. The number of aliphatic hydroxyl groups is 1. The van der Waals surface area contributed by atoms with E-state index >= 15 is 0 Å². The van der Waals surface area contributed by atoms with Crippen LogP contribution in [0.15, 0.2) is 0 Å². The Morgan fingerprint density at radius 2 is 1.93 bits per heavy atom. The molecule has 1 saturated carbocycles. The smallest absolute Gasteiger partial charge is 0.153 e. The van der Waals surface area contributed by atoms with E-state index in [-0.39, 0.29) is 0 Å². The van der Waals surface area contributed by atoms with E-state index in [4.69, 9.17) is 0 Å². The Morgan fingerprint density at radius 1 is 1.40 bits per heavy atom. The summed E-state index contributed by atoms with van der Waals surface area (Å²) in [5.74, 6) is 0. The molecule has 15 heavy (non-hydrogen) atoms. The van der Waals surface area contributed by atoms with Crippen LogP contribution in [-0.2, 0) is 9.84 Å². The lowest BCUT2D eigenvalue weighted by molar-refractivity contribution is -0.0313. The second-order valence-corrected chi connectivity index (χ2v) is 7.86. The fraction of sp³-hybridized carbons (Fsp3) is 1.00. The van der Waals surface area contributed by atoms with Crippen molar-refractivity contribution in [3.63, 3.8) is 0 Å². The molecule has 0 atom stereocenters. The summed E-state index contributed by atoms with van der Waals surface area (Å²) in [5, 5.41) is 12.8. The van der Waals surface area contributed by atoms with Gasteiger partial charge in [-0.3, -0.25) is 0 Å². The molecule has 0 aliphatic heterocycles. The van der Waals surface area contributed by atoms with Gasteiger partial charge in [0.2, 0.25) is 0 Å². The quantitative estimate of drug-likeness (QED) is 0.720. The van der Waals surface area contributed by atoms with Crippen LogP contribution in [0.4, 0.5) is 0 Å². The molecular formula is C10H21NO3S. The van der Waals surface area contributed by atoms with Gasteiger partial charge in [0.15, 0.2) is 9.84 Å². The number of hydrogen-bond donors (Lipinski definition) is 2. The monoisotopic (exact) mass is 235 g/mol. The third-order valence-corrected chi connectivity index (χ3v) is 5.44. The van der Waals surface area contributed by atoms with Gasteiger partial charge >= 0.3 is 0 Å². The summed E-state index contributed by atoms with van der Waals surface area (Å²) in [4.78, 5) is 0. The van der Waals surface area contributed by atoms with Crippen molar-refractivity contribution in [2.75, 3.05) is 19.3 Å². The first-order valence-electron chi connectivity index (χ1n) is 5.29. The molecule has 0 radical (unpaired) electrons. The molecule has 0 aromatic heterocycles. The van der Waals surface area contributed by atoms with Gasteiger partial charge in [-0.15, -0.1) is 0 Å². The highest BCUT2D eigenvalue weighted by molar-refractivity contribution is 7.92. The first kappa shape index (κ1) is 12.9. The lowest BCUT2D eigenvalue weighted by atomic mass is 9.80. The highest BCUT2D eigenvalue weighted by Crippen LogP contribution is 2.30. The van der Waals surface area contributed by atoms with Crippen molar-refractivity contribution in [3.8, 4) is 0 Å². The summed E-state index contributed by atoms with van der Waals surface area (Å²) in [6, 6.07) is 0. The van der Waals surface area contributed by atoms with Gasteiger partial charge in [0.25, 0.3) is 0 Å². The third kappa shape index (κ3) is 3.16. The molecule has 4 nitrogen and oxygen atoms in total. The van der Waals surface area contributed by atoms with Gasteiger partial charge in [-0.25, -0.2) is 8.42 Å². The van der Waals surface area contributed by atoms with Crippen LogP contribution in [-0.4, -0.2) is 43.2 Å². The molecular weight excluding hydrogens is 214 g/mol. The van der Waals surface area contributed by atoms with E-state index in [0.29, 0.717) is 13.1 Å². The average Bonchev–Trinajstić information content (AvgIpc) is 1.98. The van der Waals surface area contributed by atoms with E-state index in [9.17, 15) is 13.5 Å². The first-order chi connectivity index (χ1) is 6.66. The number of rotatable bonds is 5. The van der Waals surface area contributed by atoms with E-state index < -0.39 is 20.2 Å². The van der Waals surface area contributed by atoms with Crippen LogP contribution in [0.1, 0.15) is 33.1 Å². The highest BCUT2D eigenvalue weighted by Gasteiger charge is 2.35. The molecule has 0 saturated heterocycles. The lowest BCUT2D eigenvalue weighted by Crippen LogP contribution is -2.50. The van der Waals surface area contributed by atoms with Crippen LogP contribution in [0, 0.1) is 0 Å². The van der Waals surface area contributed by atoms with Gasteiger partial charge in [-0.1, -0.05) is 0 Å². The van der Waals surface area contributed by atoms with Gasteiger partial charge < -0.3 is 10.4 Å². The number of sulfone groups is 1. The molecule has 1 fully saturated rings. The van der Waals surface area contributed by atoms with Crippen molar-refractivity contribution in [1.29, 1.82) is 0 Å². The summed E-state index contributed by atoms with van der Waals surface area (Å²) < 4.78 is 22.0. The highest BCUT2D eigenvalue weighted by atomic mass is 32.2. The zero-order chi connectivity index (χ0) is 11.7. The van der Waals surface area contributed by atoms with Crippen LogP contribution in [0.25, 0.3) is 0 Å². The maximum atomic E-state index is 11.4. The molecule has 0 spiro atoms. The largest absolute Gasteiger partial charge is 0.389 e. The van der Waals surface area contributed by atoms with Crippen molar-refractivity contribution < 1.29 is 13.5 Å². The Labute approximate surface area is 92.0 Å². The molecule has 1 rings (SSSR count). The fourth-order valence-electron chi connectivity index (χ4n) is 1.49. The SMILES string of the molecule is CC(C)(CNCC1(O)CCC1)S(C)(=O)=O. The van der Waals surface area contributed by atoms with Gasteiger partial charge in [0.05, 0.1) is 10.3 Å². The first-order valence-corrected chi connectivity index (χ1v) is 7.18. The Kier molecular flexibility index (Phi) is 3.48. The predicted octanol–water partition coefficient (Wildman–Crippen LogP) is 0.314. The molecule has 1 aliphatic rings. The number of nitrogens with one attached hydrogen (secondary N) is 1. The molecule has 0 unspecified atom stereocenters. The number of hydrogen-bond acceptors (Lipinski definition) is 4. The van der Waals surface area contributed by atoms with Crippen molar-refractivity contribution in [2.45, 2.75) is 43.5 Å². The second kappa shape index (κ2) is 4.03. The molecule has 0 amide bonds. The van der Waals surface area contributed by atoms with E-state index in [1.54, 1.807) is 13.8 Å². The molecule has 0 aromatic carbocycles. The van der Waals surface area contributed by atoms with Crippen molar-refractivity contribution in [2.24, 2.45) is 0 Å². The van der Waals surface area contributed by atoms with Crippen LogP contribution in [0.2, 0.25) is 0 Å². The van der Waals surface area contributed by atoms with Crippen molar-refractivity contribution in [3.05, 3.63) is 0 Å². The minimum Gasteiger partial charge on any atom is -0.389 e. The zero-order valence-electron chi connectivity index (χ0n) is 9.71. The van der Waals surface area contributed by atoms with Crippen LogP contribution in [0.5, 0.6) is 0 Å². The van der Waals surface area contributed by atoms with Crippen LogP contribution in [0.3, 0.4) is 0 Å². The minimum absolute atomic E-state index is 0.383. The zero-order valence-corrected chi connectivity index (χ0v) is 10.5. The Morgan fingerprint density at radius 3 is 2.27 bits per heavy atom. The second-order valence-electron chi connectivity index (χ2n) is 5.21. The maximum absolute atomic E-state index is 11.4. The standard InChI is InChI=1S/C10H21NO3S/c1-9(2,15(3,13)14)7-11-8-10(12)5-4-6-10/h11-12H,4-8H2,1-3H3. The topological polar surface area (TPSA) is 66.4 Å². The molecule has 1 aliphatic carbocycles. The van der Waals surface area contributed by atoms with Crippen molar-refractivity contribution in [1.82, 2.24) is 5.32 Å². The summed E-state index contributed by atoms with van der Waals surface area (Å²) in [6.07, 6.45) is 3.94. The van der Waals surface area contributed by atoms with Gasteiger partial charge in [0.1, 0.15) is 0 Å². The molecule has 5 heteroatoms. The lowest BCUT2D eigenvalue weighted by Gasteiger charge is -2.37. The molecule has 2 N–H and O–H groups in total. The minimum atomic E-state index is -3.05. The van der Waals surface area contributed by atoms with E-state index in [2.05, 4.69) is 5.32 Å². The predicted molar refractivity (Wildman–Crippen MR) is 60.6 cm³/mol. The molecule has 0 bridgehead atoms. The molecule has 90 valence electrons.